The standard InChI is InChI=1S/C21H24N4O3/c1-16-6-5-9-18(14-16)24-10-12-25(13-11-24)19(26)15-22-20(27)21(28)23-17-7-3-2-4-8-17/h2-9,14H,10-13,15H2,1H3,(H,22,27)(H,23,28). The van der Waals surface area contributed by atoms with E-state index >= 15 is 0 Å². The van der Waals surface area contributed by atoms with Crippen LogP contribution >= 0.6 is 0 Å². The molecule has 2 aromatic rings. The van der Waals surface area contributed by atoms with Crippen molar-refractivity contribution in [3.63, 3.8) is 0 Å². The van der Waals surface area contributed by atoms with E-state index in [-0.39, 0.29) is 12.5 Å². The summed E-state index contributed by atoms with van der Waals surface area (Å²) < 4.78 is 0. The van der Waals surface area contributed by atoms with Crippen LogP contribution in [0.3, 0.4) is 0 Å². The third kappa shape index (κ3) is 5.09. The van der Waals surface area contributed by atoms with Crippen LogP contribution in [-0.2, 0) is 14.4 Å². The Hall–Kier alpha value is -3.35. The molecule has 1 fully saturated rings. The van der Waals surface area contributed by atoms with Crippen LogP contribution in [0.2, 0.25) is 0 Å². The van der Waals surface area contributed by atoms with E-state index < -0.39 is 11.8 Å². The minimum absolute atomic E-state index is 0.189. The summed E-state index contributed by atoms with van der Waals surface area (Å²) in [4.78, 5) is 40.1. The number of amides is 3. The molecule has 0 aliphatic carbocycles. The summed E-state index contributed by atoms with van der Waals surface area (Å²) in [7, 11) is 0. The van der Waals surface area contributed by atoms with Crippen molar-refractivity contribution >= 4 is 29.1 Å². The van der Waals surface area contributed by atoms with Crippen LogP contribution < -0.4 is 15.5 Å². The molecule has 0 unspecified atom stereocenters. The van der Waals surface area contributed by atoms with Crippen LogP contribution in [0.4, 0.5) is 11.4 Å². The first-order valence-corrected chi connectivity index (χ1v) is 9.26. The van der Waals surface area contributed by atoms with E-state index in [1.165, 1.54) is 5.56 Å². The second-order valence-electron chi connectivity index (χ2n) is 6.71. The third-order valence-corrected chi connectivity index (χ3v) is 4.64. The lowest BCUT2D eigenvalue weighted by Gasteiger charge is -2.36. The van der Waals surface area contributed by atoms with Gasteiger partial charge in [-0.05, 0) is 36.8 Å². The fraction of sp³-hybridized carbons (Fsp3) is 0.286. The predicted molar refractivity (Wildman–Crippen MR) is 108 cm³/mol. The van der Waals surface area contributed by atoms with Crippen molar-refractivity contribution in [3.8, 4) is 0 Å². The molecule has 0 radical (unpaired) electrons. The fourth-order valence-electron chi connectivity index (χ4n) is 3.10. The minimum Gasteiger partial charge on any atom is -0.368 e. The number of hydrogen-bond acceptors (Lipinski definition) is 4. The van der Waals surface area contributed by atoms with Crippen LogP contribution in [-0.4, -0.2) is 55.3 Å². The molecule has 1 heterocycles. The van der Waals surface area contributed by atoms with Crippen molar-refractivity contribution in [2.45, 2.75) is 6.92 Å². The highest BCUT2D eigenvalue weighted by Gasteiger charge is 2.22. The summed E-state index contributed by atoms with van der Waals surface area (Å²) in [6, 6.07) is 17.0. The van der Waals surface area contributed by atoms with Crippen molar-refractivity contribution in [3.05, 3.63) is 60.2 Å². The number of anilines is 2. The number of para-hydroxylation sites is 1. The second kappa shape index (κ2) is 9.03. The zero-order valence-electron chi connectivity index (χ0n) is 15.9. The number of benzene rings is 2. The van der Waals surface area contributed by atoms with Gasteiger partial charge in [0, 0.05) is 37.6 Å². The molecular weight excluding hydrogens is 356 g/mol. The Morgan fingerprint density at radius 2 is 1.61 bits per heavy atom. The number of piperazine rings is 1. The zero-order chi connectivity index (χ0) is 19.9. The largest absolute Gasteiger partial charge is 0.368 e. The maximum Gasteiger partial charge on any atom is 0.313 e. The van der Waals surface area contributed by atoms with Gasteiger partial charge in [-0.3, -0.25) is 14.4 Å². The zero-order valence-corrected chi connectivity index (χ0v) is 15.9. The Morgan fingerprint density at radius 3 is 2.29 bits per heavy atom. The van der Waals surface area contributed by atoms with E-state index in [1.54, 1.807) is 29.2 Å². The first-order valence-electron chi connectivity index (χ1n) is 9.26. The minimum atomic E-state index is -0.824. The highest BCUT2D eigenvalue weighted by molar-refractivity contribution is 6.39. The van der Waals surface area contributed by atoms with Gasteiger partial charge in [-0.1, -0.05) is 30.3 Å². The van der Waals surface area contributed by atoms with Crippen molar-refractivity contribution in [2.24, 2.45) is 0 Å². The molecule has 7 heteroatoms. The fourth-order valence-corrected chi connectivity index (χ4v) is 3.10. The van der Waals surface area contributed by atoms with Crippen molar-refractivity contribution in [1.29, 1.82) is 0 Å². The van der Waals surface area contributed by atoms with Gasteiger partial charge in [-0.2, -0.15) is 0 Å². The van der Waals surface area contributed by atoms with Gasteiger partial charge in [0.1, 0.15) is 0 Å². The summed E-state index contributed by atoms with van der Waals surface area (Å²) >= 11 is 0. The third-order valence-electron chi connectivity index (χ3n) is 4.64. The summed E-state index contributed by atoms with van der Waals surface area (Å²) in [6.07, 6.45) is 0. The summed E-state index contributed by atoms with van der Waals surface area (Å²) in [5, 5.41) is 4.89. The molecule has 3 rings (SSSR count). The van der Waals surface area contributed by atoms with E-state index in [1.807, 2.05) is 12.1 Å². The maximum absolute atomic E-state index is 12.3. The van der Waals surface area contributed by atoms with E-state index in [4.69, 9.17) is 0 Å². The first-order chi connectivity index (χ1) is 13.5. The number of carbonyl (C=O) groups is 3. The van der Waals surface area contributed by atoms with Crippen molar-refractivity contribution < 1.29 is 14.4 Å². The van der Waals surface area contributed by atoms with E-state index in [0.29, 0.717) is 18.8 Å². The average Bonchev–Trinajstić information content (AvgIpc) is 2.72. The molecule has 1 aliphatic rings. The Morgan fingerprint density at radius 1 is 0.893 bits per heavy atom. The molecule has 0 saturated carbocycles. The topological polar surface area (TPSA) is 81.8 Å². The van der Waals surface area contributed by atoms with Gasteiger partial charge in [0.05, 0.1) is 6.54 Å². The Kier molecular flexibility index (Phi) is 6.26. The number of rotatable bonds is 4. The lowest BCUT2D eigenvalue weighted by atomic mass is 10.2. The average molecular weight is 380 g/mol. The van der Waals surface area contributed by atoms with E-state index in [9.17, 15) is 14.4 Å². The Bertz CT molecular complexity index is 846. The van der Waals surface area contributed by atoms with Crippen LogP contribution in [0.15, 0.2) is 54.6 Å². The molecular formula is C21H24N4O3. The molecule has 3 amide bonds. The number of carbonyl (C=O) groups excluding carboxylic acids is 3. The van der Waals surface area contributed by atoms with Gasteiger partial charge in [0.25, 0.3) is 0 Å². The lowest BCUT2D eigenvalue weighted by molar-refractivity contribution is -0.138. The number of hydrogen-bond donors (Lipinski definition) is 2. The quantitative estimate of drug-likeness (QED) is 0.786. The maximum atomic E-state index is 12.3. The van der Waals surface area contributed by atoms with Crippen molar-refractivity contribution in [2.75, 3.05) is 42.9 Å². The van der Waals surface area contributed by atoms with Crippen LogP contribution in [0.25, 0.3) is 0 Å². The number of aryl methyl sites for hydroxylation is 1. The van der Waals surface area contributed by atoms with Gasteiger partial charge in [-0.25, -0.2) is 0 Å². The molecule has 1 aliphatic heterocycles. The lowest BCUT2D eigenvalue weighted by Crippen LogP contribution is -2.52. The van der Waals surface area contributed by atoms with Crippen LogP contribution in [0.5, 0.6) is 0 Å². The normalized spacial score (nSPS) is 13.8. The molecule has 0 aromatic heterocycles. The van der Waals surface area contributed by atoms with Crippen LogP contribution in [0.1, 0.15) is 5.56 Å². The van der Waals surface area contributed by atoms with Gasteiger partial charge < -0.3 is 20.4 Å². The summed E-state index contributed by atoms with van der Waals surface area (Å²) in [6.45, 7) is 4.50. The van der Waals surface area contributed by atoms with Gasteiger partial charge >= 0.3 is 11.8 Å². The van der Waals surface area contributed by atoms with Crippen molar-refractivity contribution in [1.82, 2.24) is 10.2 Å². The number of nitrogens with one attached hydrogen (secondary N) is 2. The molecule has 7 nitrogen and oxygen atoms in total. The van der Waals surface area contributed by atoms with Gasteiger partial charge in [0.2, 0.25) is 5.91 Å². The Labute approximate surface area is 164 Å². The molecule has 2 aromatic carbocycles. The van der Waals surface area contributed by atoms with Gasteiger partial charge in [0.15, 0.2) is 0 Å². The predicted octanol–water partition coefficient (Wildman–Crippen LogP) is 1.40. The van der Waals surface area contributed by atoms with E-state index in [0.717, 1.165) is 18.8 Å². The highest BCUT2D eigenvalue weighted by Crippen LogP contribution is 2.17. The molecule has 0 spiro atoms. The molecule has 1 saturated heterocycles. The molecule has 146 valence electrons. The Balaban J connectivity index is 1.43. The summed E-state index contributed by atoms with van der Waals surface area (Å²) in [5.74, 6) is -1.80. The summed E-state index contributed by atoms with van der Waals surface area (Å²) in [5.41, 5.74) is 2.88. The highest BCUT2D eigenvalue weighted by atomic mass is 16.2. The number of nitrogens with zero attached hydrogens (tertiary/aromatic N) is 2. The van der Waals surface area contributed by atoms with E-state index in [2.05, 4.69) is 40.7 Å². The first kappa shape index (κ1) is 19.4. The molecule has 2 N–H and O–H groups in total. The monoisotopic (exact) mass is 380 g/mol. The van der Waals surface area contributed by atoms with Gasteiger partial charge in [-0.15, -0.1) is 0 Å². The van der Waals surface area contributed by atoms with Crippen LogP contribution in [0, 0.1) is 6.92 Å². The molecule has 28 heavy (non-hydrogen) atoms. The second-order valence-corrected chi connectivity index (χ2v) is 6.71. The smallest absolute Gasteiger partial charge is 0.313 e. The molecule has 0 atom stereocenters. The molecule has 0 bridgehead atoms. The SMILES string of the molecule is Cc1cccc(N2CCN(C(=O)CNC(=O)C(=O)Nc3ccccc3)CC2)c1.